The number of unbranched alkanes of at least 4 members (excludes halogenated alkanes) is 2. The second-order valence-corrected chi connectivity index (χ2v) is 27.7. The Balaban J connectivity index is 1.29. The molecule has 22 heteroatoms. The van der Waals surface area contributed by atoms with Crippen molar-refractivity contribution in [3.63, 3.8) is 0 Å². The van der Waals surface area contributed by atoms with E-state index < -0.39 is 87.9 Å². The van der Waals surface area contributed by atoms with Crippen LogP contribution in [0.2, 0.25) is 0 Å². The highest BCUT2D eigenvalue weighted by molar-refractivity contribution is 5.91. The first-order valence-corrected chi connectivity index (χ1v) is 30.6. The number of esters is 4. The number of Topliss-reactive ketones (excluding diaryl/α,β-unsaturated/α-hetero) is 1. The van der Waals surface area contributed by atoms with Crippen molar-refractivity contribution in [1.82, 2.24) is 45.3 Å². The standard InChI is InChI=1S/C66H97N9O13/c1-62(2,3)38-52(76)49(70-60(82)71-51(59(81)88-66(13,14)15)30-31-55(77)85-63(4,5)6)28-20-22-32-69-58(80)50(72-61(83)84-43-48-46-26-18-16-24-44(46)45-25-17-19-27-47(45)48)29-21-23-35-73(39-53-67-33-36-74(53)41-56(78)86-64(7,8)9)40-54-68-34-37-75(54)42-57(79)87-65(10,11)12/h16-19,24-27,33-34,36-37,48-51H,20-23,28-32,35,38-43H2,1-15H3,(H,69,80)(H,72,83)(H2,70,71,82)/t49-,50-,51-/m0/s1. The molecule has 4 amide bonds. The average Bonchev–Trinajstić information content (AvgIpc) is 3.72. The zero-order valence-electron chi connectivity index (χ0n) is 54.6. The van der Waals surface area contributed by atoms with Crippen LogP contribution in [0.5, 0.6) is 0 Å². The molecule has 2 aromatic heterocycles. The fraction of sp³-hybridized carbons (Fsp3) is 0.606. The lowest BCUT2D eigenvalue weighted by atomic mass is 9.87. The number of ether oxygens (including phenoxy) is 5. The molecule has 2 heterocycles. The number of hydrogen-bond donors (Lipinski definition) is 4. The fourth-order valence-electron chi connectivity index (χ4n) is 10.0. The predicted molar refractivity (Wildman–Crippen MR) is 332 cm³/mol. The van der Waals surface area contributed by atoms with Crippen molar-refractivity contribution < 1.29 is 62.0 Å². The number of fused-ring (bicyclic) bond motifs is 3. The Labute approximate surface area is 519 Å². The number of aromatic nitrogens is 4. The molecule has 1 aliphatic carbocycles. The van der Waals surface area contributed by atoms with E-state index in [1.165, 1.54) is 0 Å². The van der Waals surface area contributed by atoms with Gasteiger partial charge in [-0.05, 0) is 162 Å². The zero-order valence-corrected chi connectivity index (χ0v) is 54.6. The smallest absolute Gasteiger partial charge is 0.407 e. The summed E-state index contributed by atoms with van der Waals surface area (Å²) in [4.78, 5) is 119. The maximum atomic E-state index is 14.3. The first kappa shape index (κ1) is 71.1. The van der Waals surface area contributed by atoms with Gasteiger partial charge < -0.3 is 54.1 Å². The Hall–Kier alpha value is -7.62. The van der Waals surface area contributed by atoms with Crippen LogP contribution in [0, 0.1) is 5.41 Å². The molecule has 0 radical (unpaired) electrons. The highest BCUT2D eigenvalue weighted by Gasteiger charge is 2.33. The molecule has 4 N–H and O–H groups in total. The number of nitrogens with one attached hydrogen (secondary N) is 4. The minimum absolute atomic E-state index is 0.0332. The van der Waals surface area contributed by atoms with E-state index in [0.29, 0.717) is 43.9 Å². The van der Waals surface area contributed by atoms with Gasteiger partial charge in [0.15, 0.2) is 5.78 Å². The first-order valence-electron chi connectivity index (χ1n) is 30.6. The Morgan fingerprint density at radius 3 is 1.55 bits per heavy atom. The largest absolute Gasteiger partial charge is 0.460 e. The van der Waals surface area contributed by atoms with Gasteiger partial charge in [-0.15, -0.1) is 0 Å². The number of amides is 4. The number of alkyl carbamates (subject to hydrolysis) is 1. The number of hydrogen-bond acceptors (Lipinski definition) is 16. The highest BCUT2D eigenvalue weighted by atomic mass is 16.6. The van der Waals surface area contributed by atoms with Crippen LogP contribution >= 0.6 is 0 Å². The van der Waals surface area contributed by atoms with Gasteiger partial charge in [-0.3, -0.25) is 28.9 Å². The molecular weight excluding hydrogens is 1130 g/mol. The number of imidazole rings is 2. The lowest BCUT2D eigenvalue weighted by Crippen LogP contribution is -2.52. The summed E-state index contributed by atoms with van der Waals surface area (Å²) in [5, 5.41) is 11.2. The van der Waals surface area contributed by atoms with E-state index >= 15 is 0 Å². The summed E-state index contributed by atoms with van der Waals surface area (Å²) in [6, 6.07) is 12.0. The van der Waals surface area contributed by atoms with Gasteiger partial charge in [-0.2, -0.15) is 0 Å². The Morgan fingerprint density at radius 2 is 1.03 bits per heavy atom. The second-order valence-electron chi connectivity index (χ2n) is 27.7. The number of rotatable bonds is 30. The van der Waals surface area contributed by atoms with E-state index in [0.717, 1.165) is 22.3 Å². The lowest BCUT2D eigenvalue weighted by molar-refractivity contribution is -0.159. The quantitative estimate of drug-likeness (QED) is 0.0215. The number of nitrogens with zero attached hydrogens (tertiary/aromatic N) is 5. The summed E-state index contributed by atoms with van der Waals surface area (Å²) >= 11 is 0. The molecular formula is C66H97N9O13. The average molecular weight is 1220 g/mol. The van der Waals surface area contributed by atoms with Gasteiger partial charge in [0.25, 0.3) is 0 Å². The summed E-state index contributed by atoms with van der Waals surface area (Å²) in [6.07, 6.45) is 7.94. The molecule has 0 unspecified atom stereocenters. The third kappa shape index (κ3) is 25.2. The van der Waals surface area contributed by atoms with Gasteiger partial charge in [0.05, 0.1) is 19.1 Å². The van der Waals surface area contributed by atoms with Crippen molar-refractivity contribution in [3.8, 4) is 11.1 Å². The van der Waals surface area contributed by atoms with Crippen molar-refractivity contribution in [2.45, 2.75) is 234 Å². The van der Waals surface area contributed by atoms with Crippen LogP contribution < -0.4 is 21.3 Å². The van der Waals surface area contributed by atoms with Gasteiger partial charge in [0.2, 0.25) is 5.91 Å². The maximum absolute atomic E-state index is 14.3. The van der Waals surface area contributed by atoms with E-state index in [1.807, 2.05) is 69.3 Å². The van der Waals surface area contributed by atoms with Gasteiger partial charge in [-0.25, -0.2) is 24.4 Å². The normalized spacial score (nSPS) is 13.7. The number of carbonyl (C=O) groups excluding carboxylic acids is 8. The van der Waals surface area contributed by atoms with Crippen LogP contribution in [0.1, 0.15) is 190 Å². The molecule has 0 saturated heterocycles. The molecule has 3 atom stereocenters. The van der Waals surface area contributed by atoms with Crippen LogP contribution in [0.3, 0.4) is 0 Å². The van der Waals surface area contributed by atoms with Gasteiger partial charge >= 0.3 is 36.0 Å². The SMILES string of the molecule is CC(C)(C)CC(=O)[C@H](CCCCNC(=O)[C@H](CCCCN(Cc1nccn1CC(=O)OC(C)(C)C)Cc1nccn1CC(=O)OC(C)(C)C)NC(=O)OCC1c2ccccc2-c2ccccc21)NC(=O)N[C@@H](CCC(=O)OC(C)(C)C)C(=O)OC(C)(C)C. The lowest BCUT2D eigenvalue weighted by Gasteiger charge is -2.27. The van der Waals surface area contributed by atoms with Crippen LogP contribution in [0.4, 0.5) is 9.59 Å². The number of benzene rings is 2. The van der Waals surface area contributed by atoms with E-state index in [2.05, 4.69) is 36.1 Å². The van der Waals surface area contributed by atoms with Crippen molar-refractivity contribution >= 4 is 47.7 Å². The molecule has 2 aromatic carbocycles. The predicted octanol–water partition coefficient (Wildman–Crippen LogP) is 9.63. The van der Waals surface area contributed by atoms with Crippen LogP contribution in [-0.2, 0) is 78.6 Å². The minimum Gasteiger partial charge on any atom is -0.460 e. The summed E-state index contributed by atoms with van der Waals surface area (Å²) in [5.41, 5.74) is 0.769. The maximum Gasteiger partial charge on any atom is 0.407 e. The molecule has 5 rings (SSSR count). The molecule has 88 heavy (non-hydrogen) atoms. The highest BCUT2D eigenvalue weighted by Crippen LogP contribution is 2.44. The molecule has 0 aliphatic heterocycles. The summed E-state index contributed by atoms with van der Waals surface area (Å²) in [7, 11) is 0. The molecule has 0 spiro atoms. The van der Waals surface area contributed by atoms with Crippen molar-refractivity contribution in [2.24, 2.45) is 5.41 Å². The van der Waals surface area contributed by atoms with Gasteiger partial charge in [0.1, 0.15) is 65.8 Å². The molecule has 22 nitrogen and oxygen atoms in total. The first-order chi connectivity index (χ1) is 41.0. The third-order valence-electron chi connectivity index (χ3n) is 13.6. The molecule has 4 aromatic rings. The molecule has 0 fully saturated rings. The Kier molecular flexibility index (Phi) is 25.5. The minimum atomic E-state index is -1.23. The molecule has 1 aliphatic rings. The van der Waals surface area contributed by atoms with Crippen LogP contribution in [-0.4, -0.2) is 132 Å². The van der Waals surface area contributed by atoms with Crippen LogP contribution in [0.25, 0.3) is 11.1 Å². The Morgan fingerprint density at radius 1 is 0.557 bits per heavy atom. The number of urea groups is 1. The van der Waals surface area contributed by atoms with Gasteiger partial charge in [-0.1, -0.05) is 69.3 Å². The Bertz CT molecular complexity index is 2890. The number of ketones is 1. The fourth-order valence-corrected chi connectivity index (χ4v) is 10.0. The van der Waals surface area contributed by atoms with E-state index in [1.54, 1.807) is 117 Å². The van der Waals surface area contributed by atoms with E-state index in [9.17, 15) is 38.4 Å². The third-order valence-corrected chi connectivity index (χ3v) is 13.6. The second kappa shape index (κ2) is 31.5. The van der Waals surface area contributed by atoms with Crippen LogP contribution in [0.15, 0.2) is 73.3 Å². The van der Waals surface area contributed by atoms with Gasteiger partial charge in [0, 0.05) is 50.1 Å². The summed E-state index contributed by atoms with van der Waals surface area (Å²) in [6.45, 7) is 27.9. The zero-order chi connectivity index (χ0) is 65.2. The van der Waals surface area contributed by atoms with E-state index in [4.69, 9.17) is 23.7 Å². The van der Waals surface area contributed by atoms with E-state index in [-0.39, 0.29) is 83.1 Å². The van der Waals surface area contributed by atoms with Crippen molar-refractivity contribution in [1.29, 1.82) is 0 Å². The summed E-state index contributed by atoms with van der Waals surface area (Å²) < 4.78 is 31.6. The van der Waals surface area contributed by atoms with Crippen molar-refractivity contribution in [3.05, 3.63) is 96.1 Å². The topological polar surface area (TPSA) is 270 Å². The summed E-state index contributed by atoms with van der Waals surface area (Å²) in [5.74, 6) is -1.85. The molecule has 0 saturated carbocycles. The van der Waals surface area contributed by atoms with Crippen molar-refractivity contribution in [2.75, 3.05) is 19.7 Å². The molecule has 0 bridgehead atoms. The monoisotopic (exact) mass is 1220 g/mol. The molecule has 484 valence electrons. The number of carbonyl (C=O) groups is 8.